The lowest BCUT2D eigenvalue weighted by molar-refractivity contribution is -0.143. The Morgan fingerprint density at radius 1 is 1.50 bits per heavy atom. The van der Waals surface area contributed by atoms with Gasteiger partial charge >= 0.3 is 5.97 Å². The molecule has 1 N–H and O–H groups in total. The van der Waals surface area contributed by atoms with Crippen molar-refractivity contribution in [1.29, 1.82) is 0 Å². The first-order chi connectivity index (χ1) is 7.65. The second kappa shape index (κ2) is 4.09. The molecule has 0 radical (unpaired) electrons. The fourth-order valence-corrected chi connectivity index (χ4v) is 2.10. The third-order valence-electron chi connectivity index (χ3n) is 2.55. The van der Waals surface area contributed by atoms with Gasteiger partial charge in [0.1, 0.15) is 6.04 Å². The monoisotopic (exact) mass is 236 g/mol. The van der Waals surface area contributed by atoms with Crippen molar-refractivity contribution in [3.8, 4) is 0 Å². The van der Waals surface area contributed by atoms with Crippen molar-refractivity contribution < 1.29 is 9.53 Å². The van der Waals surface area contributed by atoms with Gasteiger partial charge in [-0.2, -0.15) is 0 Å². The number of benzene rings is 1. The number of nitrogens with zero attached hydrogens (tertiary/aromatic N) is 1. The van der Waals surface area contributed by atoms with Crippen LogP contribution in [0.2, 0.25) is 0 Å². The average Bonchev–Trinajstić information content (AvgIpc) is 2.63. The summed E-state index contributed by atoms with van der Waals surface area (Å²) in [5.41, 5.74) is 1.83. The number of para-hydroxylation sites is 2. The summed E-state index contributed by atoms with van der Waals surface area (Å²) in [6.45, 7) is 1.77. The number of carbonyl (C=O) groups is 1. The van der Waals surface area contributed by atoms with Gasteiger partial charge in [-0.1, -0.05) is 12.1 Å². The molecule has 1 unspecified atom stereocenters. The molecule has 0 bridgehead atoms. The first-order valence-corrected chi connectivity index (χ1v) is 5.33. The summed E-state index contributed by atoms with van der Waals surface area (Å²) in [6.07, 6.45) is 0. The minimum atomic E-state index is -0.423. The topological polar surface area (TPSA) is 47.0 Å². The molecule has 84 valence electrons. The predicted molar refractivity (Wildman–Crippen MR) is 63.8 cm³/mol. The number of H-pyrrole nitrogens is 1. The Morgan fingerprint density at radius 2 is 2.19 bits per heavy atom. The van der Waals surface area contributed by atoms with Crippen LogP contribution in [0.25, 0.3) is 11.0 Å². The maximum atomic E-state index is 11.5. The number of hydrogen-bond donors (Lipinski definition) is 1. The van der Waals surface area contributed by atoms with E-state index in [0.717, 1.165) is 11.0 Å². The molecule has 0 amide bonds. The van der Waals surface area contributed by atoms with E-state index >= 15 is 0 Å². The van der Waals surface area contributed by atoms with Crippen molar-refractivity contribution >= 4 is 29.2 Å². The number of aromatic amines is 1. The summed E-state index contributed by atoms with van der Waals surface area (Å²) in [7, 11) is 1.37. The molecule has 1 atom stereocenters. The third-order valence-corrected chi connectivity index (χ3v) is 2.85. The van der Waals surface area contributed by atoms with Gasteiger partial charge < -0.3 is 14.3 Å². The number of carbonyl (C=O) groups excluding carboxylic acids is 1. The van der Waals surface area contributed by atoms with Gasteiger partial charge in [-0.3, -0.25) is 0 Å². The molecule has 2 rings (SSSR count). The number of methoxy groups -OCH3 is 1. The number of imidazole rings is 1. The molecule has 1 aromatic heterocycles. The molecular weight excluding hydrogens is 224 g/mol. The highest BCUT2D eigenvalue weighted by molar-refractivity contribution is 7.71. The zero-order valence-corrected chi connectivity index (χ0v) is 9.88. The molecule has 0 fully saturated rings. The molecule has 0 spiro atoms. The van der Waals surface area contributed by atoms with Crippen molar-refractivity contribution in [2.75, 3.05) is 7.11 Å². The van der Waals surface area contributed by atoms with E-state index in [1.807, 2.05) is 24.3 Å². The van der Waals surface area contributed by atoms with Crippen LogP contribution in [0.4, 0.5) is 0 Å². The molecule has 2 aromatic rings. The van der Waals surface area contributed by atoms with Gasteiger partial charge in [0.05, 0.1) is 18.1 Å². The lowest BCUT2D eigenvalue weighted by Crippen LogP contribution is -2.17. The number of nitrogens with one attached hydrogen (secondary N) is 1. The predicted octanol–water partition coefficient (Wildman–Crippen LogP) is 2.43. The van der Waals surface area contributed by atoms with Crippen molar-refractivity contribution in [2.45, 2.75) is 13.0 Å². The SMILES string of the molecule is COC(=O)C(C)n1c(=S)[nH]c2ccccc21. The number of esters is 1. The highest BCUT2D eigenvalue weighted by Gasteiger charge is 2.18. The Labute approximate surface area is 97.8 Å². The molecule has 1 heterocycles. The standard InChI is InChI=1S/C11H12N2O2S/c1-7(10(14)15-2)13-9-6-4-3-5-8(9)12-11(13)16/h3-7H,1-2H3,(H,12,16). The van der Waals surface area contributed by atoms with E-state index in [2.05, 4.69) is 4.98 Å². The Morgan fingerprint density at radius 3 is 2.88 bits per heavy atom. The summed E-state index contributed by atoms with van der Waals surface area (Å²) in [6, 6.07) is 7.24. The number of fused-ring (bicyclic) bond motifs is 1. The van der Waals surface area contributed by atoms with Gasteiger partial charge in [0.25, 0.3) is 0 Å². The van der Waals surface area contributed by atoms with Gasteiger partial charge in [-0.15, -0.1) is 0 Å². The van der Waals surface area contributed by atoms with Crippen LogP contribution in [0.15, 0.2) is 24.3 Å². The second-order valence-electron chi connectivity index (χ2n) is 3.52. The van der Waals surface area contributed by atoms with E-state index in [4.69, 9.17) is 17.0 Å². The van der Waals surface area contributed by atoms with E-state index < -0.39 is 6.04 Å². The van der Waals surface area contributed by atoms with Crippen LogP contribution in [-0.4, -0.2) is 22.6 Å². The van der Waals surface area contributed by atoms with Crippen LogP contribution < -0.4 is 0 Å². The maximum absolute atomic E-state index is 11.5. The Kier molecular flexibility index (Phi) is 2.78. The minimum absolute atomic E-state index is 0.305. The van der Waals surface area contributed by atoms with Crippen LogP contribution in [-0.2, 0) is 9.53 Å². The molecular formula is C11H12N2O2S. The Hall–Kier alpha value is -1.62. The van der Waals surface area contributed by atoms with E-state index in [1.54, 1.807) is 11.5 Å². The number of aromatic nitrogens is 2. The smallest absolute Gasteiger partial charge is 0.328 e. The lowest BCUT2D eigenvalue weighted by Gasteiger charge is -2.11. The van der Waals surface area contributed by atoms with Crippen LogP contribution in [0.1, 0.15) is 13.0 Å². The molecule has 16 heavy (non-hydrogen) atoms. The Bertz CT molecular complexity index is 585. The molecule has 4 nitrogen and oxygen atoms in total. The summed E-state index contributed by atoms with van der Waals surface area (Å²) < 4.78 is 7.01. The molecule has 0 saturated heterocycles. The zero-order valence-electron chi connectivity index (χ0n) is 9.06. The third kappa shape index (κ3) is 1.63. The van der Waals surface area contributed by atoms with E-state index in [0.29, 0.717) is 4.77 Å². The number of ether oxygens (including phenoxy) is 1. The van der Waals surface area contributed by atoms with E-state index in [-0.39, 0.29) is 5.97 Å². The van der Waals surface area contributed by atoms with Crippen LogP contribution in [0.3, 0.4) is 0 Å². The van der Waals surface area contributed by atoms with E-state index in [9.17, 15) is 4.79 Å². The Balaban J connectivity index is 2.64. The summed E-state index contributed by atoms with van der Waals surface area (Å²) in [5.74, 6) is -0.305. The van der Waals surface area contributed by atoms with Gasteiger partial charge in [-0.25, -0.2) is 4.79 Å². The van der Waals surface area contributed by atoms with Crippen molar-refractivity contribution in [3.05, 3.63) is 29.0 Å². The van der Waals surface area contributed by atoms with E-state index in [1.165, 1.54) is 7.11 Å². The fourth-order valence-electron chi connectivity index (χ4n) is 1.73. The second-order valence-corrected chi connectivity index (χ2v) is 3.90. The average molecular weight is 236 g/mol. The zero-order chi connectivity index (χ0) is 11.7. The largest absolute Gasteiger partial charge is 0.467 e. The van der Waals surface area contributed by atoms with Gasteiger partial charge in [0, 0.05) is 0 Å². The molecule has 0 aliphatic rings. The van der Waals surface area contributed by atoms with Crippen LogP contribution >= 0.6 is 12.2 Å². The fraction of sp³-hybridized carbons (Fsp3) is 0.273. The van der Waals surface area contributed by atoms with Crippen molar-refractivity contribution in [1.82, 2.24) is 9.55 Å². The highest BCUT2D eigenvalue weighted by atomic mass is 32.1. The number of rotatable bonds is 2. The molecule has 0 aliphatic carbocycles. The summed E-state index contributed by atoms with van der Waals surface area (Å²) >= 11 is 5.20. The summed E-state index contributed by atoms with van der Waals surface area (Å²) in [4.78, 5) is 14.6. The first kappa shape index (κ1) is 10.9. The maximum Gasteiger partial charge on any atom is 0.328 e. The van der Waals surface area contributed by atoms with Gasteiger partial charge in [0.2, 0.25) is 0 Å². The molecule has 1 aromatic carbocycles. The summed E-state index contributed by atoms with van der Waals surface area (Å²) in [5, 5.41) is 0. The van der Waals surface area contributed by atoms with Crippen LogP contribution in [0, 0.1) is 4.77 Å². The normalized spacial score (nSPS) is 12.6. The van der Waals surface area contributed by atoms with Gasteiger partial charge in [-0.05, 0) is 31.3 Å². The van der Waals surface area contributed by atoms with Crippen LogP contribution in [0.5, 0.6) is 0 Å². The highest BCUT2D eigenvalue weighted by Crippen LogP contribution is 2.19. The van der Waals surface area contributed by atoms with Crippen molar-refractivity contribution in [3.63, 3.8) is 0 Å². The van der Waals surface area contributed by atoms with Gasteiger partial charge in [0.15, 0.2) is 4.77 Å². The minimum Gasteiger partial charge on any atom is -0.467 e. The molecule has 0 aliphatic heterocycles. The quantitative estimate of drug-likeness (QED) is 0.643. The molecule has 0 saturated carbocycles. The first-order valence-electron chi connectivity index (χ1n) is 4.92. The lowest BCUT2D eigenvalue weighted by atomic mass is 10.3. The molecule has 5 heteroatoms. The van der Waals surface area contributed by atoms with Crippen molar-refractivity contribution in [2.24, 2.45) is 0 Å². The number of hydrogen-bond acceptors (Lipinski definition) is 3.